The number of carbonyl (C=O) groups is 2. The molecule has 1 N–H and O–H groups in total. The molecular formula is C36H39ClN6O3. The molecule has 4 aromatic rings. The Hall–Kier alpha value is -4.21. The molecule has 3 heterocycles. The summed E-state index contributed by atoms with van der Waals surface area (Å²) in [6, 6.07) is 17.1. The molecule has 3 aliphatic rings. The molecule has 2 aliphatic carbocycles. The molecule has 46 heavy (non-hydrogen) atoms. The van der Waals surface area contributed by atoms with E-state index in [0.717, 1.165) is 55.3 Å². The molecule has 1 saturated carbocycles. The summed E-state index contributed by atoms with van der Waals surface area (Å²) in [6.45, 7) is 1.92. The average molecular weight is 639 g/mol. The van der Waals surface area contributed by atoms with E-state index in [1.165, 1.54) is 17.5 Å². The zero-order chi connectivity index (χ0) is 31.5. The van der Waals surface area contributed by atoms with Gasteiger partial charge in [0.05, 0.1) is 18.1 Å². The molecule has 0 radical (unpaired) electrons. The van der Waals surface area contributed by atoms with Crippen molar-refractivity contribution in [2.45, 2.75) is 69.7 Å². The third-order valence-electron chi connectivity index (χ3n) is 9.50. The Morgan fingerprint density at radius 2 is 1.83 bits per heavy atom. The highest BCUT2D eigenvalue weighted by molar-refractivity contribution is 6.30. The van der Waals surface area contributed by atoms with Crippen LogP contribution in [0, 0.1) is 0 Å². The highest BCUT2D eigenvalue weighted by Crippen LogP contribution is 2.38. The molecule has 2 amide bonds. The summed E-state index contributed by atoms with van der Waals surface area (Å²) in [6.07, 6.45) is 13.5. The fraction of sp³-hybridized carbons (Fsp3) is 0.389. The Kier molecular flexibility index (Phi) is 9.03. The van der Waals surface area contributed by atoms with Crippen LogP contribution < -0.4 is 5.32 Å². The molecule has 2 fully saturated rings. The van der Waals surface area contributed by atoms with Crippen LogP contribution >= 0.6 is 11.6 Å². The number of aryl methyl sites for hydroxylation is 2. The number of hydrogen-bond donors (Lipinski definition) is 1. The lowest BCUT2D eigenvalue weighted by atomic mass is 9.95. The fourth-order valence-electron chi connectivity index (χ4n) is 7.19. The van der Waals surface area contributed by atoms with Crippen LogP contribution in [-0.2, 0) is 28.9 Å². The molecule has 0 unspecified atom stereocenters. The summed E-state index contributed by atoms with van der Waals surface area (Å²) in [5.74, 6) is -0.240. The van der Waals surface area contributed by atoms with Crippen LogP contribution in [0.2, 0.25) is 5.02 Å². The first-order valence-electron chi connectivity index (χ1n) is 16.3. The number of nitrogens with one attached hydrogen (secondary N) is 1. The van der Waals surface area contributed by atoms with Crippen LogP contribution in [-0.4, -0.2) is 68.1 Å². The van der Waals surface area contributed by atoms with E-state index in [4.69, 9.17) is 21.3 Å². The lowest BCUT2D eigenvalue weighted by molar-refractivity contribution is -0.123. The molecule has 0 bridgehead atoms. The van der Waals surface area contributed by atoms with Crippen LogP contribution in [0.4, 0.5) is 10.5 Å². The van der Waals surface area contributed by atoms with Gasteiger partial charge in [0.15, 0.2) is 0 Å². The molecule has 7 rings (SSSR count). The van der Waals surface area contributed by atoms with Crippen molar-refractivity contribution in [1.82, 2.24) is 24.3 Å². The lowest BCUT2D eigenvalue weighted by Crippen LogP contribution is -2.60. The summed E-state index contributed by atoms with van der Waals surface area (Å²) < 4.78 is 8.00. The minimum Gasteiger partial charge on any atom is -0.446 e. The third-order valence-corrected chi connectivity index (χ3v) is 9.74. The van der Waals surface area contributed by atoms with Gasteiger partial charge in [0.25, 0.3) is 0 Å². The summed E-state index contributed by atoms with van der Waals surface area (Å²) in [7, 11) is 0. The normalized spacial score (nSPS) is 20.3. The molecule has 2 aromatic heterocycles. The molecule has 0 spiro atoms. The second-order valence-electron chi connectivity index (χ2n) is 12.6. The van der Waals surface area contributed by atoms with Crippen LogP contribution in [0.25, 0.3) is 0 Å². The first kappa shape index (κ1) is 30.4. The number of benzene rings is 2. The molecule has 1 aliphatic heterocycles. The monoisotopic (exact) mass is 638 g/mol. The third kappa shape index (κ3) is 6.66. The van der Waals surface area contributed by atoms with E-state index in [2.05, 4.69) is 33.4 Å². The number of ether oxygens (including phenoxy) is 1. The van der Waals surface area contributed by atoms with E-state index in [9.17, 15) is 9.59 Å². The zero-order valence-electron chi connectivity index (χ0n) is 25.9. The molecule has 1 saturated heterocycles. The highest BCUT2D eigenvalue weighted by Gasteiger charge is 2.41. The number of anilines is 1. The number of nitrogens with zero attached hydrogens (tertiary/aromatic N) is 5. The number of aromatic nitrogens is 3. The van der Waals surface area contributed by atoms with E-state index in [1.807, 2.05) is 53.4 Å². The van der Waals surface area contributed by atoms with Gasteiger partial charge in [-0.25, -0.2) is 9.78 Å². The van der Waals surface area contributed by atoms with Gasteiger partial charge in [-0.05, 0) is 91.1 Å². The van der Waals surface area contributed by atoms with Gasteiger partial charge in [-0.2, -0.15) is 0 Å². The second-order valence-corrected chi connectivity index (χ2v) is 13.0. The Balaban J connectivity index is 1.18. The zero-order valence-corrected chi connectivity index (χ0v) is 26.6. The maximum absolute atomic E-state index is 14.2. The van der Waals surface area contributed by atoms with Crippen LogP contribution in [0.15, 0.2) is 79.5 Å². The van der Waals surface area contributed by atoms with Crippen molar-refractivity contribution in [2.24, 2.45) is 0 Å². The average Bonchev–Trinajstić information content (AvgIpc) is 3.53. The van der Waals surface area contributed by atoms with Gasteiger partial charge < -0.3 is 14.6 Å². The number of piperazine rings is 1. The van der Waals surface area contributed by atoms with Crippen molar-refractivity contribution in [1.29, 1.82) is 0 Å². The topological polar surface area (TPSA) is 92.6 Å². The molecule has 238 valence electrons. The Labute approximate surface area is 274 Å². The van der Waals surface area contributed by atoms with E-state index < -0.39 is 12.1 Å². The summed E-state index contributed by atoms with van der Waals surface area (Å²) in [4.78, 5) is 40.8. The standard InChI is InChI=1S/C36H39ClN6O3/c37-28-13-14-31-27(21-28)12-11-26-7-5-15-39-33(26)34(31)42-18-19-43(36(45)46-30-9-2-1-3-10-30)32(23-42)35(44)40-29-8-4-6-25(20-29)22-41-17-16-38-24-41/h4-8,13-17,20-21,24,30,32,34H,1-3,9-12,18-19,22-23H2,(H,40,44)/t32-,34-/m1/s1. The van der Waals surface area contributed by atoms with Crippen molar-refractivity contribution >= 4 is 29.3 Å². The SMILES string of the molecule is O=C(Nc1cccc(Cn2ccnc2)c1)[C@H]1CN([C@@H]2c3ccc(Cl)cc3CCc3cccnc32)CCN1C(=O)OC1CCCCC1. The number of rotatable bonds is 6. The van der Waals surface area contributed by atoms with E-state index in [0.29, 0.717) is 36.9 Å². The van der Waals surface area contributed by atoms with Crippen LogP contribution in [0.3, 0.4) is 0 Å². The van der Waals surface area contributed by atoms with E-state index >= 15 is 0 Å². The minimum absolute atomic E-state index is 0.0996. The fourth-order valence-corrected chi connectivity index (χ4v) is 7.39. The van der Waals surface area contributed by atoms with Crippen molar-refractivity contribution in [3.63, 3.8) is 0 Å². The number of halogens is 1. The number of amides is 2. The van der Waals surface area contributed by atoms with Crippen LogP contribution in [0.5, 0.6) is 0 Å². The minimum atomic E-state index is -0.756. The van der Waals surface area contributed by atoms with Gasteiger partial charge >= 0.3 is 6.09 Å². The quantitative estimate of drug-likeness (QED) is 0.268. The smallest absolute Gasteiger partial charge is 0.410 e. The van der Waals surface area contributed by atoms with E-state index in [1.54, 1.807) is 17.4 Å². The predicted molar refractivity (Wildman–Crippen MR) is 177 cm³/mol. The van der Waals surface area contributed by atoms with Crippen molar-refractivity contribution < 1.29 is 14.3 Å². The van der Waals surface area contributed by atoms with Crippen molar-refractivity contribution in [3.05, 3.63) is 112 Å². The van der Waals surface area contributed by atoms with Gasteiger partial charge in [-0.15, -0.1) is 0 Å². The Bertz CT molecular complexity index is 1690. The van der Waals surface area contributed by atoms with Gasteiger partial charge in [-0.3, -0.25) is 19.6 Å². The first-order valence-corrected chi connectivity index (χ1v) is 16.7. The lowest BCUT2D eigenvalue weighted by Gasteiger charge is -2.43. The maximum Gasteiger partial charge on any atom is 0.410 e. The van der Waals surface area contributed by atoms with Gasteiger partial charge in [-0.1, -0.05) is 42.3 Å². The Morgan fingerprint density at radius 3 is 2.67 bits per heavy atom. The number of hydrogen-bond acceptors (Lipinski definition) is 6. The molecule has 10 heteroatoms. The molecule has 2 atom stereocenters. The predicted octanol–water partition coefficient (Wildman–Crippen LogP) is 6.26. The van der Waals surface area contributed by atoms with Crippen LogP contribution in [0.1, 0.15) is 66.1 Å². The van der Waals surface area contributed by atoms with Gasteiger partial charge in [0.2, 0.25) is 5.91 Å². The largest absolute Gasteiger partial charge is 0.446 e. The highest BCUT2D eigenvalue weighted by atomic mass is 35.5. The molecule has 9 nitrogen and oxygen atoms in total. The summed E-state index contributed by atoms with van der Waals surface area (Å²) in [5, 5.41) is 3.84. The molecule has 2 aromatic carbocycles. The van der Waals surface area contributed by atoms with Gasteiger partial charge in [0, 0.05) is 55.5 Å². The second kappa shape index (κ2) is 13.6. The number of pyridine rings is 1. The Morgan fingerprint density at radius 1 is 0.957 bits per heavy atom. The van der Waals surface area contributed by atoms with Crippen molar-refractivity contribution in [2.75, 3.05) is 25.0 Å². The first-order chi connectivity index (χ1) is 22.5. The number of imidazole rings is 1. The number of fused-ring (bicyclic) bond motifs is 2. The maximum atomic E-state index is 14.2. The summed E-state index contributed by atoms with van der Waals surface area (Å²) >= 11 is 6.46. The summed E-state index contributed by atoms with van der Waals surface area (Å²) in [5.41, 5.74) is 6.23. The van der Waals surface area contributed by atoms with Crippen molar-refractivity contribution in [3.8, 4) is 0 Å². The number of carbonyl (C=O) groups excluding carboxylic acids is 2. The molecular weight excluding hydrogens is 600 g/mol. The van der Waals surface area contributed by atoms with Gasteiger partial charge in [0.1, 0.15) is 12.1 Å². The van der Waals surface area contributed by atoms with E-state index in [-0.39, 0.29) is 18.1 Å².